The SMILES string of the molecule is Cc1ccsc1/C=N/NC(=O)c1ccc2nc(-c3ccccc3)[nH]c2c1. The molecular weight excluding hydrogens is 344 g/mol. The maximum Gasteiger partial charge on any atom is 0.271 e. The molecule has 5 nitrogen and oxygen atoms in total. The van der Waals surface area contributed by atoms with Gasteiger partial charge in [-0.25, -0.2) is 10.4 Å². The second-order valence-corrected chi connectivity index (χ2v) is 6.80. The van der Waals surface area contributed by atoms with Crippen LogP contribution in [0.3, 0.4) is 0 Å². The van der Waals surface area contributed by atoms with Crippen molar-refractivity contribution in [2.24, 2.45) is 5.10 Å². The monoisotopic (exact) mass is 360 g/mol. The minimum Gasteiger partial charge on any atom is -0.338 e. The van der Waals surface area contributed by atoms with E-state index in [0.717, 1.165) is 32.9 Å². The molecule has 0 aliphatic carbocycles. The van der Waals surface area contributed by atoms with Crippen LogP contribution in [0, 0.1) is 6.92 Å². The highest BCUT2D eigenvalue weighted by atomic mass is 32.1. The van der Waals surface area contributed by atoms with Crippen LogP contribution in [-0.2, 0) is 0 Å². The molecule has 4 rings (SSSR count). The maximum atomic E-state index is 12.3. The van der Waals surface area contributed by atoms with Crippen LogP contribution < -0.4 is 5.43 Å². The molecule has 0 saturated heterocycles. The van der Waals surface area contributed by atoms with Gasteiger partial charge in [0.2, 0.25) is 0 Å². The summed E-state index contributed by atoms with van der Waals surface area (Å²) in [5, 5.41) is 6.04. The average molecular weight is 360 g/mol. The molecule has 0 spiro atoms. The van der Waals surface area contributed by atoms with Crippen molar-refractivity contribution in [1.29, 1.82) is 0 Å². The van der Waals surface area contributed by atoms with Gasteiger partial charge in [0.15, 0.2) is 0 Å². The molecule has 2 N–H and O–H groups in total. The molecule has 2 heterocycles. The van der Waals surface area contributed by atoms with E-state index < -0.39 is 0 Å². The van der Waals surface area contributed by atoms with Crippen LogP contribution in [-0.4, -0.2) is 22.1 Å². The fourth-order valence-corrected chi connectivity index (χ4v) is 3.40. The minimum absolute atomic E-state index is 0.256. The number of imidazole rings is 1. The summed E-state index contributed by atoms with van der Waals surface area (Å²) >= 11 is 1.59. The first kappa shape index (κ1) is 16.2. The molecule has 0 saturated carbocycles. The summed E-state index contributed by atoms with van der Waals surface area (Å²) in [5.74, 6) is 0.526. The lowest BCUT2D eigenvalue weighted by Gasteiger charge is -1.99. The molecule has 0 bridgehead atoms. The standard InChI is InChI=1S/C20H16N4OS/c1-13-9-10-26-18(13)12-21-24-20(25)15-7-8-16-17(11-15)23-19(22-16)14-5-3-2-4-6-14/h2-12H,1H3,(H,22,23)(H,24,25)/b21-12+. The zero-order chi connectivity index (χ0) is 17.9. The van der Waals surface area contributed by atoms with Gasteiger partial charge >= 0.3 is 0 Å². The molecule has 1 amide bonds. The number of thiophene rings is 1. The third kappa shape index (κ3) is 3.27. The molecule has 128 valence electrons. The molecule has 0 fully saturated rings. The first-order chi connectivity index (χ1) is 12.7. The number of aromatic nitrogens is 2. The summed E-state index contributed by atoms with van der Waals surface area (Å²) in [7, 11) is 0. The van der Waals surface area contributed by atoms with Gasteiger partial charge in [-0.3, -0.25) is 4.79 Å². The van der Waals surface area contributed by atoms with Crippen molar-refractivity contribution in [2.75, 3.05) is 0 Å². The highest BCUT2D eigenvalue weighted by molar-refractivity contribution is 7.11. The van der Waals surface area contributed by atoms with E-state index in [-0.39, 0.29) is 5.91 Å². The molecule has 26 heavy (non-hydrogen) atoms. The van der Waals surface area contributed by atoms with Gasteiger partial charge in [-0.05, 0) is 42.1 Å². The van der Waals surface area contributed by atoms with Crippen molar-refractivity contribution in [3.63, 3.8) is 0 Å². The van der Waals surface area contributed by atoms with Crippen molar-refractivity contribution >= 4 is 34.5 Å². The van der Waals surface area contributed by atoms with Crippen LogP contribution in [0.2, 0.25) is 0 Å². The predicted molar refractivity (Wildman–Crippen MR) is 106 cm³/mol. The van der Waals surface area contributed by atoms with Gasteiger partial charge < -0.3 is 4.98 Å². The van der Waals surface area contributed by atoms with E-state index in [4.69, 9.17) is 0 Å². The number of fused-ring (bicyclic) bond motifs is 1. The Labute approximate surface area is 154 Å². The van der Waals surface area contributed by atoms with Crippen molar-refractivity contribution in [1.82, 2.24) is 15.4 Å². The topological polar surface area (TPSA) is 70.1 Å². The Morgan fingerprint density at radius 2 is 2.04 bits per heavy atom. The molecule has 6 heteroatoms. The summed E-state index contributed by atoms with van der Waals surface area (Å²) in [6.07, 6.45) is 1.67. The predicted octanol–water partition coefficient (Wildman–Crippen LogP) is 4.36. The average Bonchev–Trinajstić information content (AvgIpc) is 3.28. The number of hydrazone groups is 1. The van der Waals surface area contributed by atoms with Crippen LogP contribution in [0.4, 0.5) is 0 Å². The summed E-state index contributed by atoms with van der Waals surface area (Å²) in [5.41, 5.74) is 6.88. The summed E-state index contributed by atoms with van der Waals surface area (Å²) in [6.45, 7) is 2.01. The van der Waals surface area contributed by atoms with Crippen LogP contribution >= 0.6 is 11.3 Å². The van der Waals surface area contributed by atoms with Gasteiger partial charge in [0.05, 0.1) is 17.2 Å². The minimum atomic E-state index is -0.256. The summed E-state index contributed by atoms with van der Waals surface area (Å²) in [4.78, 5) is 21.2. The zero-order valence-electron chi connectivity index (χ0n) is 14.1. The second-order valence-electron chi connectivity index (χ2n) is 5.85. The lowest BCUT2D eigenvalue weighted by molar-refractivity contribution is 0.0955. The number of carbonyl (C=O) groups excluding carboxylic acids is 1. The Morgan fingerprint density at radius 3 is 2.81 bits per heavy atom. The third-order valence-electron chi connectivity index (χ3n) is 4.04. The normalized spacial score (nSPS) is 11.3. The van der Waals surface area contributed by atoms with Crippen molar-refractivity contribution in [3.8, 4) is 11.4 Å². The number of hydrogen-bond donors (Lipinski definition) is 2. The molecule has 2 aromatic heterocycles. The van der Waals surface area contributed by atoms with E-state index in [1.165, 1.54) is 0 Å². The first-order valence-electron chi connectivity index (χ1n) is 8.13. The Balaban J connectivity index is 1.54. The lowest BCUT2D eigenvalue weighted by Crippen LogP contribution is -2.17. The Morgan fingerprint density at radius 1 is 1.19 bits per heavy atom. The van der Waals surface area contributed by atoms with Gasteiger partial charge in [-0.1, -0.05) is 30.3 Å². The number of aromatic amines is 1. The van der Waals surface area contributed by atoms with Gasteiger partial charge in [0.1, 0.15) is 5.82 Å². The van der Waals surface area contributed by atoms with Crippen molar-refractivity contribution in [3.05, 3.63) is 76.0 Å². The van der Waals surface area contributed by atoms with E-state index in [1.54, 1.807) is 29.7 Å². The van der Waals surface area contributed by atoms with Crippen molar-refractivity contribution < 1.29 is 4.79 Å². The van der Waals surface area contributed by atoms with E-state index >= 15 is 0 Å². The molecule has 0 atom stereocenters. The molecule has 0 aliphatic heterocycles. The summed E-state index contributed by atoms with van der Waals surface area (Å²) in [6, 6.07) is 17.3. The quantitative estimate of drug-likeness (QED) is 0.419. The van der Waals surface area contributed by atoms with Crippen LogP contribution in [0.5, 0.6) is 0 Å². The summed E-state index contributed by atoms with van der Waals surface area (Å²) < 4.78 is 0. The van der Waals surface area contributed by atoms with Gasteiger partial charge in [-0.15, -0.1) is 11.3 Å². The van der Waals surface area contributed by atoms with Crippen LogP contribution in [0.25, 0.3) is 22.4 Å². The number of amides is 1. The highest BCUT2D eigenvalue weighted by Gasteiger charge is 2.09. The third-order valence-corrected chi connectivity index (χ3v) is 4.99. The lowest BCUT2D eigenvalue weighted by atomic mass is 10.2. The number of rotatable bonds is 4. The number of H-pyrrole nitrogens is 1. The van der Waals surface area contributed by atoms with Crippen LogP contribution in [0.15, 0.2) is 65.1 Å². The van der Waals surface area contributed by atoms with Gasteiger partial charge in [0.25, 0.3) is 5.91 Å². The van der Waals surface area contributed by atoms with E-state index in [9.17, 15) is 4.79 Å². The number of nitrogens with zero attached hydrogens (tertiary/aromatic N) is 2. The Bertz CT molecular complexity index is 1100. The van der Waals surface area contributed by atoms with Gasteiger partial charge in [0, 0.05) is 16.0 Å². The second kappa shape index (κ2) is 6.93. The van der Waals surface area contributed by atoms with E-state index in [2.05, 4.69) is 20.5 Å². The smallest absolute Gasteiger partial charge is 0.271 e. The Kier molecular flexibility index (Phi) is 4.33. The molecule has 0 unspecified atom stereocenters. The largest absolute Gasteiger partial charge is 0.338 e. The maximum absolute atomic E-state index is 12.3. The molecule has 4 aromatic rings. The van der Waals surface area contributed by atoms with E-state index in [0.29, 0.717) is 5.56 Å². The molecular formula is C20H16N4OS. The molecule has 0 aliphatic rings. The van der Waals surface area contributed by atoms with E-state index in [1.807, 2.05) is 54.8 Å². The molecule has 2 aromatic carbocycles. The molecule has 0 radical (unpaired) electrons. The zero-order valence-corrected chi connectivity index (χ0v) is 14.9. The van der Waals surface area contributed by atoms with Crippen LogP contribution in [0.1, 0.15) is 20.8 Å². The number of benzene rings is 2. The Hall–Kier alpha value is -3.25. The fourth-order valence-electron chi connectivity index (χ4n) is 2.61. The fraction of sp³-hybridized carbons (Fsp3) is 0.0500. The number of aryl methyl sites for hydroxylation is 1. The first-order valence-corrected chi connectivity index (χ1v) is 9.01. The highest BCUT2D eigenvalue weighted by Crippen LogP contribution is 2.21. The number of carbonyl (C=O) groups is 1. The number of nitrogens with one attached hydrogen (secondary N) is 2. The number of hydrogen-bond acceptors (Lipinski definition) is 4. The van der Waals surface area contributed by atoms with Gasteiger partial charge in [-0.2, -0.15) is 5.10 Å². The van der Waals surface area contributed by atoms with Crippen molar-refractivity contribution in [2.45, 2.75) is 6.92 Å².